The second kappa shape index (κ2) is 12.0. The van der Waals surface area contributed by atoms with Crippen LogP contribution >= 0.6 is 0 Å². The first-order valence-electron chi connectivity index (χ1n) is 14.8. The molecule has 1 N–H and O–H groups in total. The Morgan fingerprint density at radius 3 is 2.46 bits per heavy atom. The predicted molar refractivity (Wildman–Crippen MR) is 161 cm³/mol. The Kier molecular flexibility index (Phi) is 8.44. The summed E-state index contributed by atoms with van der Waals surface area (Å²) in [6.45, 7) is 7.59. The van der Waals surface area contributed by atoms with E-state index in [1.807, 2.05) is 58.5 Å². The molecule has 1 atom stereocenters. The zero-order valence-corrected chi connectivity index (χ0v) is 24.5. The van der Waals surface area contributed by atoms with E-state index < -0.39 is 5.60 Å². The van der Waals surface area contributed by atoms with Crippen molar-refractivity contribution >= 4 is 5.65 Å². The molecule has 214 valence electrons. The van der Waals surface area contributed by atoms with Crippen LogP contribution in [0.1, 0.15) is 88.2 Å². The Morgan fingerprint density at radius 2 is 1.80 bits per heavy atom. The number of aryl methyl sites for hydroxylation is 1. The highest BCUT2D eigenvalue weighted by molar-refractivity contribution is 5.70. The van der Waals surface area contributed by atoms with Gasteiger partial charge < -0.3 is 9.84 Å². The molecule has 2 aromatic heterocycles. The molecule has 0 bridgehead atoms. The summed E-state index contributed by atoms with van der Waals surface area (Å²) in [6, 6.07) is 20.1. The highest BCUT2D eigenvalue weighted by Gasteiger charge is 2.31. The van der Waals surface area contributed by atoms with Gasteiger partial charge in [-0.2, -0.15) is 10.4 Å². The van der Waals surface area contributed by atoms with E-state index in [4.69, 9.17) is 4.74 Å². The Morgan fingerprint density at radius 1 is 1.10 bits per heavy atom. The van der Waals surface area contributed by atoms with E-state index in [1.54, 1.807) is 20.0 Å². The second-order valence-electron chi connectivity index (χ2n) is 11.8. The van der Waals surface area contributed by atoms with Gasteiger partial charge in [-0.3, -0.25) is 9.36 Å². The molecule has 1 fully saturated rings. The normalized spacial score (nSPS) is 18.3. The molecular formula is C34H40N4O3. The van der Waals surface area contributed by atoms with Crippen molar-refractivity contribution in [1.29, 1.82) is 5.26 Å². The van der Waals surface area contributed by atoms with E-state index in [-0.39, 0.29) is 23.8 Å². The van der Waals surface area contributed by atoms with Gasteiger partial charge in [-0.05, 0) is 75.6 Å². The molecule has 0 radical (unpaired) electrons. The lowest BCUT2D eigenvalue weighted by Gasteiger charge is -2.35. The summed E-state index contributed by atoms with van der Waals surface area (Å²) in [5, 5.41) is 24.5. The first kappa shape index (κ1) is 28.8. The average Bonchev–Trinajstić information content (AvgIpc) is 3.45. The van der Waals surface area contributed by atoms with E-state index in [2.05, 4.69) is 30.2 Å². The molecule has 2 heterocycles. The highest BCUT2D eigenvalue weighted by Crippen LogP contribution is 2.33. The molecule has 2 aromatic carbocycles. The van der Waals surface area contributed by atoms with Crippen molar-refractivity contribution in [1.82, 2.24) is 14.2 Å². The van der Waals surface area contributed by atoms with Gasteiger partial charge >= 0.3 is 0 Å². The van der Waals surface area contributed by atoms with Gasteiger partial charge in [0.05, 0.1) is 41.3 Å². The van der Waals surface area contributed by atoms with Crippen LogP contribution in [0.25, 0.3) is 16.8 Å². The molecule has 1 saturated carbocycles. The van der Waals surface area contributed by atoms with E-state index in [9.17, 15) is 15.2 Å². The van der Waals surface area contributed by atoms with E-state index in [1.165, 1.54) is 0 Å². The summed E-state index contributed by atoms with van der Waals surface area (Å²) in [5.41, 5.74) is 5.38. The van der Waals surface area contributed by atoms with Gasteiger partial charge in [-0.15, -0.1) is 0 Å². The van der Waals surface area contributed by atoms with Crippen LogP contribution in [-0.4, -0.2) is 37.1 Å². The number of fused-ring (bicyclic) bond motifs is 1. The number of benzene rings is 2. The number of hydrogen-bond acceptors (Lipinski definition) is 5. The minimum absolute atomic E-state index is 0.0644. The van der Waals surface area contributed by atoms with Gasteiger partial charge in [-0.25, -0.2) is 4.52 Å². The summed E-state index contributed by atoms with van der Waals surface area (Å²) >= 11 is 0. The Hall–Kier alpha value is -3.73. The molecule has 0 saturated heterocycles. The third-order valence-corrected chi connectivity index (χ3v) is 8.53. The zero-order valence-electron chi connectivity index (χ0n) is 24.5. The summed E-state index contributed by atoms with van der Waals surface area (Å²) in [7, 11) is 0. The number of nitriles is 1. The zero-order chi connectivity index (χ0) is 29.1. The number of aliphatic hydroxyl groups is 1. The summed E-state index contributed by atoms with van der Waals surface area (Å²) in [4.78, 5) is 14.3. The molecule has 1 aliphatic carbocycles. The van der Waals surface area contributed by atoms with Crippen molar-refractivity contribution < 1.29 is 9.84 Å². The van der Waals surface area contributed by atoms with Crippen LogP contribution in [0, 0.1) is 11.3 Å². The van der Waals surface area contributed by atoms with Crippen LogP contribution in [0.4, 0.5) is 0 Å². The van der Waals surface area contributed by atoms with Gasteiger partial charge in [0.2, 0.25) is 0 Å². The van der Waals surface area contributed by atoms with Crippen LogP contribution in [-0.2, 0) is 17.6 Å². The maximum atomic E-state index is 14.3. The molecule has 7 nitrogen and oxygen atoms in total. The number of rotatable bonds is 9. The monoisotopic (exact) mass is 552 g/mol. The summed E-state index contributed by atoms with van der Waals surface area (Å²) < 4.78 is 10.1. The molecule has 0 spiro atoms. The van der Waals surface area contributed by atoms with Crippen LogP contribution in [0.3, 0.4) is 0 Å². The predicted octanol–water partition coefficient (Wildman–Crippen LogP) is 6.24. The molecule has 0 amide bonds. The maximum absolute atomic E-state index is 14.3. The Bertz CT molecular complexity index is 1600. The molecule has 7 heteroatoms. The highest BCUT2D eigenvalue weighted by atomic mass is 16.5. The van der Waals surface area contributed by atoms with Crippen molar-refractivity contribution in [2.45, 2.75) is 96.5 Å². The second-order valence-corrected chi connectivity index (χ2v) is 11.8. The molecule has 1 unspecified atom stereocenters. The van der Waals surface area contributed by atoms with Gasteiger partial charge in [0, 0.05) is 24.1 Å². The van der Waals surface area contributed by atoms with Crippen LogP contribution in [0.2, 0.25) is 0 Å². The van der Waals surface area contributed by atoms with Crippen molar-refractivity contribution in [3.05, 3.63) is 93.5 Å². The van der Waals surface area contributed by atoms with Crippen molar-refractivity contribution in [2.24, 2.45) is 0 Å². The maximum Gasteiger partial charge on any atom is 0.257 e. The van der Waals surface area contributed by atoms with Crippen LogP contribution < -0.4 is 5.56 Å². The van der Waals surface area contributed by atoms with Crippen LogP contribution in [0.5, 0.6) is 0 Å². The third-order valence-electron chi connectivity index (χ3n) is 8.53. The number of aromatic nitrogens is 3. The third kappa shape index (κ3) is 6.00. The summed E-state index contributed by atoms with van der Waals surface area (Å²) in [5.74, 6) is 0. The smallest absolute Gasteiger partial charge is 0.257 e. The largest absolute Gasteiger partial charge is 0.388 e. The lowest BCUT2D eigenvalue weighted by atomic mass is 9.91. The molecule has 4 aromatic rings. The molecule has 41 heavy (non-hydrogen) atoms. The van der Waals surface area contributed by atoms with Crippen LogP contribution in [0.15, 0.2) is 65.6 Å². The number of ether oxygens (including phenoxy) is 1. The number of hydrogen-bond donors (Lipinski definition) is 1. The molecule has 1 aliphatic rings. The standard InChI is InChI=1S/C34H40N4O3/c1-5-8-31-30(21-24-11-13-25(14-12-24)29-10-7-6-9-26(29)22-35)33(39)37(32-19-20-36-38(31)32)27-15-17-28(18-16-27)41-23(2)34(3,4)40/h6-7,9-14,19-20,23,27-28,40H,5,8,15-18,21H2,1-4H3. The summed E-state index contributed by atoms with van der Waals surface area (Å²) in [6.07, 6.45) is 7.17. The minimum Gasteiger partial charge on any atom is -0.388 e. The van der Waals surface area contributed by atoms with E-state index in [0.717, 1.165) is 72.1 Å². The lowest BCUT2D eigenvalue weighted by Crippen LogP contribution is -2.40. The van der Waals surface area contributed by atoms with Gasteiger partial charge in [0.25, 0.3) is 5.56 Å². The fourth-order valence-corrected chi connectivity index (χ4v) is 5.94. The van der Waals surface area contributed by atoms with Gasteiger partial charge in [-0.1, -0.05) is 55.8 Å². The van der Waals surface area contributed by atoms with E-state index >= 15 is 0 Å². The van der Waals surface area contributed by atoms with Gasteiger partial charge in [0.15, 0.2) is 0 Å². The van der Waals surface area contributed by atoms with Crippen molar-refractivity contribution in [2.75, 3.05) is 0 Å². The van der Waals surface area contributed by atoms with Gasteiger partial charge in [0.1, 0.15) is 5.65 Å². The number of nitrogens with zero attached hydrogens (tertiary/aromatic N) is 4. The SMILES string of the molecule is CCCc1c(Cc2ccc(-c3ccccc3C#N)cc2)c(=O)n(C2CCC(OC(C)C(C)(C)O)CC2)c2ccnn12. The first-order valence-corrected chi connectivity index (χ1v) is 14.8. The molecule has 5 rings (SSSR count). The van der Waals surface area contributed by atoms with Crippen molar-refractivity contribution in [3.8, 4) is 17.2 Å². The topological polar surface area (TPSA) is 92.5 Å². The van der Waals surface area contributed by atoms with Crippen molar-refractivity contribution in [3.63, 3.8) is 0 Å². The molecular weight excluding hydrogens is 512 g/mol. The lowest BCUT2D eigenvalue weighted by molar-refractivity contribution is -0.118. The quantitative estimate of drug-likeness (QED) is 0.265. The minimum atomic E-state index is -0.890. The Balaban J connectivity index is 1.45. The average molecular weight is 553 g/mol. The fraction of sp³-hybridized carbons (Fsp3) is 0.441. The Labute approximate surface area is 242 Å². The molecule has 0 aliphatic heterocycles. The fourth-order valence-electron chi connectivity index (χ4n) is 5.94. The van der Waals surface area contributed by atoms with E-state index in [0.29, 0.717) is 12.0 Å². The first-order chi connectivity index (χ1) is 19.7.